The van der Waals surface area contributed by atoms with E-state index < -0.39 is 17.6 Å². The first kappa shape index (κ1) is 27.2. The normalized spacial score (nSPS) is 17.0. The van der Waals surface area contributed by atoms with Crippen LogP contribution in [0.1, 0.15) is 82.6 Å². The number of hydrogen-bond acceptors (Lipinski definition) is 5. The Balaban J connectivity index is 2.18. The topological polar surface area (TPSA) is 78.9 Å². The number of fused-ring (bicyclic) bond motifs is 3. The van der Waals surface area contributed by atoms with Crippen molar-refractivity contribution in [1.29, 1.82) is 0 Å². The number of nitrogens with one attached hydrogen (secondary N) is 1. The highest BCUT2D eigenvalue weighted by Crippen LogP contribution is 2.44. The van der Waals surface area contributed by atoms with E-state index in [4.69, 9.17) is 4.74 Å². The number of aliphatic hydroxyl groups is 1. The molecule has 0 radical (unpaired) electrons. The largest absolute Gasteiger partial charge is 0.497 e. The number of carbonyl (C=O) groups is 2. The minimum atomic E-state index is -0.842. The maximum Gasteiger partial charge on any atom is 0.255 e. The molecule has 0 saturated carbocycles. The summed E-state index contributed by atoms with van der Waals surface area (Å²) in [7, 11) is 1.57. The van der Waals surface area contributed by atoms with Crippen LogP contribution < -0.4 is 10.1 Å². The van der Waals surface area contributed by atoms with Gasteiger partial charge in [0.15, 0.2) is 0 Å². The van der Waals surface area contributed by atoms with Crippen molar-refractivity contribution < 1.29 is 19.4 Å². The van der Waals surface area contributed by atoms with E-state index >= 15 is 0 Å². The summed E-state index contributed by atoms with van der Waals surface area (Å²) in [6.45, 7) is 14.4. The van der Waals surface area contributed by atoms with E-state index in [1.165, 1.54) is 11.3 Å². The van der Waals surface area contributed by atoms with Gasteiger partial charge in [-0.1, -0.05) is 34.6 Å². The minimum absolute atomic E-state index is 0.0158. The van der Waals surface area contributed by atoms with Crippen LogP contribution in [0.25, 0.3) is 11.1 Å². The number of methoxy groups -OCH3 is 1. The van der Waals surface area contributed by atoms with E-state index in [0.717, 1.165) is 22.4 Å². The molecule has 2 heterocycles. The summed E-state index contributed by atoms with van der Waals surface area (Å²) in [5.41, 5.74) is 1.68. The lowest BCUT2D eigenvalue weighted by atomic mass is 9.81. The lowest BCUT2D eigenvalue weighted by Gasteiger charge is -2.39. The fraction of sp³-hybridized carbons (Fsp3) is 0.571. The Morgan fingerprint density at radius 3 is 2.40 bits per heavy atom. The zero-order chi connectivity index (χ0) is 26.1. The van der Waals surface area contributed by atoms with E-state index in [9.17, 15) is 14.7 Å². The third-order valence-corrected chi connectivity index (χ3v) is 7.20. The third-order valence-electron chi connectivity index (χ3n) is 6.23. The van der Waals surface area contributed by atoms with Gasteiger partial charge in [0.25, 0.3) is 5.91 Å². The van der Waals surface area contributed by atoms with Gasteiger partial charge in [-0.2, -0.15) is 0 Å². The van der Waals surface area contributed by atoms with Gasteiger partial charge in [-0.25, -0.2) is 0 Å². The first-order chi connectivity index (χ1) is 16.3. The summed E-state index contributed by atoms with van der Waals surface area (Å²) in [6, 6.07) is 6.08. The monoisotopic (exact) mass is 500 g/mol. The second-order valence-corrected chi connectivity index (χ2v) is 12.7. The van der Waals surface area contributed by atoms with Gasteiger partial charge in [-0.15, -0.1) is 11.3 Å². The molecule has 3 rings (SSSR count). The van der Waals surface area contributed by atoms with Gasteiger partial charge in [0, 0.05) is 10.4 Å². The van der Waals surface area contributed by atoms with Gasteiger partial charge in [-0.3, -0.25) is 9.59 Å². The van der Waals surface area contributed by atoms with Crippen LogP contribution >= 0.6 is 11.3 Å². The maximum atomic E-state index is 14.1. The molecule has 1 aromatic carbocycles. The fourth-order valence-corrected chi connectivity index (χ4v) is 6.42. The van der Waals surface area contributed by atoms with Crippen molar-refractivity contribution in [2.45, 2.75) is 78.9 Å². The summed E-state index contributed by atoms with van der Waals surface area (Å²) in [5.74, 6) is 0.318. The first-order valence-corrected chi connectivity index (χ1v) is 13.2. The molecule has 7 heteroatoms. The Labute approximate surface area is 213 Å². The Morgan fingerprint density at radius 2 is 1.83 bits per heavy atom. The summed E-state index contributed by atoms with van der Waals surface area (Å²) in [5, 5.41) is 15.6. The minimum Gasteiger partial charge on any atom is -0.497 e. The van der Waals surface area contributed by atoms with Crippen LogP contribution in [0.5, 0.6) is 5.75 Å². The van der Waals surface area contributed by atoms with E-state index in [0.29, 0.717) is 17.7 Å². The number of nitrogens with zero attached hydrogens (tertiary/aromatic N) is 1. The molecule has 0 fully saturated rings. The molecule has 1 aromatic heterocycles. The SMILES string of the molecule is COc1ccc2c(c1)C(=O)N([C@H](CO)CC(C)C)C(C(=O)NC(C)(C)CC(C)(C)C)c1sccc1-2. The number of aliphatic hydroxyl groups excluding tert-OH is 1. The van der Waals surface area contributed by atoms with Gasteiger partial charge >= 0.3 is 0 Å². The second-order valence-electron chi connectivity index (χ2n) is 11.8. The molecular weight excluding hydrogens is 460 g/mol. The number of hydrogen-bond donors (Lipinski definition) is 2. The number of rotatable bonds is 8. The van der Waals surface area contributed by atoms with E-state index in [1.807, 2.05) is 37.4 Å². The van der Waals surface area contributed by atoms with Crippen LogP contribution in [0.3, 0.4) is 0 Å². The van der Waals surface area contributed by atoms with E-state index in [1.54, 1.807) is 18.1 Å². The van der Waals surface area contributed by atoms with Crippen molar-refractivity contribution in [2.75, 3.05) is 13.7 Å². The Kier molecular flexibility index (Phi) is 8.02. The molecule has 1 unspecified atom stereocenters. The molecule has 2 atom stereocenters. The Morgan fingerprint density at radius 1 is 1.14 bits per heavy atom. The van der Waals surface area contributed by atoms with Gasteiger partial charge in [0.05, 0.1) is 25.3 Å². The molecule has 0 bridgehead atoms. The van der Waals surface area contributed by atoms with Crippen molar-refractivity contribution in [3.8, 4) is 16.9 Å². The average molecular weight is 501 g/mol. The lowest BCUT2D eigenvalue weighted by molar-refractivity contribution is -0.128. The molecule has 0 aliphatic carbocycles. The maximum absolute atomic E-state index is 14.1. The van der Waals surface area contributed by atoms with E-state index in [-0.39, 0.29) is 29.8 Å². The van der Waals surface area contributed by atoms with Crippen molar-refractivity contribution >= 4 is 23.2 Å². The number of ether oxygens (including phenoxy) is 1. The highest BCUT2D eigenvalue weighted by atomic mass is 32.1. The van der Waals surface area contributed by atoms with Crippen LogP contribution in [0, 0.1) is 11.3 Å². The van der Waals surface area contributed by atoms with Crippen molar-refractivity contribution in [3.63, 3.8) is 0 Å². The van der Waals surface area contributed by atoms with Crippen LogP contribution in [0.4, 0.5) is 0 Å². The lowest BCUT2D eigenvalue weighted by Crippen LogP contribution is -2.54. The van der Waals surface area contributed by atoms with Crippen molar-refractivity contribution in [2.24, 2.45) is 11.3 Å². The summed E-state index contributed by atoms with van der Waals surface area (Å²) in [4.78, 5) is 30.6. The number of amides is 2. The van der Waals surface area contributed by atoms with E-state index in [2.05, 4.69) is 39.9 Å². The molecule has 2 aromatic rings. The first-order valence-electron chi connectivity index (χ1n) is 12.3. The fourth-order valence-electron chi connectivity index (χ4n) is 5.41. The Hall–Kier alpha value is -2.38. The molecule has 1 aliphatic rings. The zero-order valence-corrected chi connectivity index (χ0v) is 23.1. The van der Waals surface area contributed by atoms with Crippen molar-refractivity contribution in [3.05, 3.63) is 40.1 Å². The molecule has 192 valence electrons. The van der Waals surface area contributed by atoms with Gasteiger partial charge in [0.1, 0.15) is 11.8 Å². The second kappa shape index (κ2) is 10.3. The van der Waals surface area contributed by atoms with Crippen LogP contribution in [-0.4, -0.2) is 47.1 Å². The Bertz CT molecular complexity index is 1070. The number of thiophene rings is 1. The molecule has 0 saturated heterocycles. The molecule has 35 heavy (non-hydrogen) atoms. The van der Waals surface area contributed by atoms with Crippen molar-refractivity contribution in [1.82, 2.24) is 10.2 Å². The molecule has 2 N–H and O–H groups in total. The third kappa shape index (κ3) is 6.07. The van der Waals surface area contributed by atoms with Gasteiger partial charge < -0.3 is 20.1 Å². The smallest absolute Gasteiger partial charge is 0.255 e. The highest BCUT2D eigenvalue weighted by Gasteiger charge is 2.43. The average Bonchev–Trinajstić information content (AvgIpc) is 3.18. The molecular formula is C28H40N2O4S. The standard InChI is InChI=1S/C28H40N2O4S/c1-17(2)13-18(15-31)30-23(25(32)29-28(6,7)16-27(3,4)5)24-21(11-12-35-24)20-10-9-19(34-8)14-22(20)26(30)33/h9-12,14,17-18,23,31H,13,15-16H2,1-8H3,(H,29,32)/t18-,23?/m0/s1. The molecule has 0 spiro atoms. The van der Waals surface area contributed by atoms with Crippen LogP contribution in [-0.2, 0) is 4.79 Å². The number of benzene rings is 1. The molecule has 2 amide bonds. The summed E-state index contributed by atoms with van der Waals surface area (Å²) < 4.78 is 5.42. The predicted octanol–water partition coefficient (Wildman–Crippen LogP) is 5.66. The number of carbonyl (C=O) groups excluding carboxylic acids is 2. The summed E-state index contributed by atoms with van der Waals surface area (Å²) in [6.07, 6.45) is 1.36. The molecule has 6 nitrogen and oxygen atoms in total. The zero-order valence-electron chi connectivity index (χ0n) is 22.3. The van der Waals surface area contributed by atoms with Gasteiger partial charge in [0.2, 0.25) is 5.91 Å². The molecule has 1 aliphatic heterocycles. The summed E-state index contributed by atoms with van der Waals surface area (Å²) >= 11 is 1.47. The highest BCUT2D eigenvalue weighted by molar-refractivity contribution is 7.10. The quantitative estimate of drug-likeness (QED) is 0.490. The van der Waals surface area contributed by atoms with Crippen LogP contribution in [0.15, 0.2) is 29.6 Å². The van der Waals surface area contributed by atoms with Gasteiger partial charge in [-0.05, 0) is 78.8 Å². The predicted molar refractivity (Wildman–Crippen MR) is 142 cm³/mol. The van der Waals surface area contributed by atoms with Crippen LogP contribution in [0.2, 0.25) is 0 Å².